The SMILES string of the molecule is CN(CC(C)(C)CN)c1cc(NC(C)(C)C)ncn1. The molecule has 1 aromatic heterocycles. The number of hydrogen-bond donors (Lipinski definition) is 2. The standard InChI is InChI=1S/C14H27N5/c1-13(2,3)18-11-7-12(17-10-16-11)19(6)9-14(4,5)8-15/h7,10H,8-9,15H2,1-6H3,(H,16,17,18). The Balaban J connectivity index is 2.81. The molecule has 1 rings (SSSR count). The highest BCUT2D eigenvalue weighted by Gasteiger charge is 2.19. The maximum atomic E-state index is 5.77. The van der Waals surface area contributed by atoms with Gasteiger partial charge in [-0.1, -0.05) is 13.8 Å². The second-order valence-corrected chi connectivity index (χ2v) is 6.86. The summed E-state index contributed by atoms with van der Waals surface area (Å²) < 4.78 is 0. The van der Waals surface area contributed by atoms with E-state index in [9.17, 15) is 0 Å². The summed E-state index contributed by atoms with van der Waals surface area (Å²) >= 11 is 0. The van der Waals surface area contributed by atoms with E-state index in [1.54, 1.807) is 6.33 Å². The van der Waals surface area contributed by atoms with E-state index in [0.29, 0.717) is 6.54 Å². The molecule has 0 aliphatic carbocycles. The molecule has 0 saturated heterocycles. The number of rotatable bonds is 5. The molecule has 0 amide bonds. The molecule has 0 spiro atoms. The summed E-state index contributed by atoms with van der Waals surface area (Å²) in [6.45, 7) is 12.1. The third-order valence-corrected chi connectivity index (χ3v) is 2.76. The predicted octanol–water partition coefficient (Wildman–Crippen LogP) is 2.11. The van der Waals surface area contributed by atoms with Crippen LogP contribution in [0.4, 0.5) is 11.6 Å². The van der Waals surface area contributed by atoms with Gasteiger partial charge >= 0.3 is 0 Å². The minimum Gasteiger partial charge on any atom is -0.365 e. The molecule has 0 fully saturated rings. The lowest BCUT2D eigenvalue weighted by Crippen LogP contribution is -2.37. The molecule has 0 bridgehead atoms. The zero-order chi connectivity index (χ0) is 14.7. The van der Waals surface area contributed by atoms with Crippen LogP contribution in [0.25, 0.3) is 0 Å². The van der Waals surface area contributed by atoms with Gasteiger partial charge in [-0.3, -0.25) is 0 Å². The van der Waals surface area contributed by atoms with Crippen LogP contribution >= 0.6 is 0 Å². The van der Waals surface area contributed by atoms with Gasteiger partial charge in [0, 0.05) is 25.2 Å². The van der Waals surface area contributed by atoms with Crippen molar-refractivity contribution in [2.45, 2.75) is 40.2 Å². The minimum absolute atomic E-state index is 0.0132. The topological polar surface area (TPSA) is 67.1 Å². The molecule has 108 valence electrons. The van der Waals surface area contributed by atoms with Crippen LogP contribution in [0.5, 0.6) is 0 Å². The fraction of sp³-hybridized carbons (Fsp3) is 0.714. The highest BCUT2D eigenvalue weighted by Crippen LogP contribution is 2.20. The second-order valence-electron chi connectivity index (χ2n) is 6.86. The Morgan fingerprint density at radius 1 is 1.21 bits per heavy atom. The van der Waals surface area contributed by atoms with Crippen molar-refractivity contribution in [3.63, 3.8) is 0 Å². The monoisotopic (exact) mass is 265 g/mol. The first-order valence-corrected chi connectivity index (χ1v) is 6.64. The fourth-order valence-electron chi connectivity index (χ4n) is 1.80. The Morgan fingerprint density at radius 3 is 2.37 bits per heavy atom. The smallest absolute Gasteiger partial charge is 0.133 e. The zero-order valence-corrected chi connectivity index (χ0v) is 13.0. The molecule has 5 heteroatoms. The Kier molecular flexibility index (Phi) is 4.74. The number of nitrogens with one attached hydrogen (secondary N) is 1. The van der Waals surface area contributed by atoms with Crippen molar-refractivity contribution < 1.29 is 0 Å². The summed E-state index contributed by atoms with van der Waals surface area (Å²) in [6, 6.07) is 1.97. The van der Waals surface area contributed by atoms with Crippen molar-refractivity contribution >= 4 is 11.6 Å². The molecule has 19 heavy (non-hydrogen) atoms. The number of hydrogen-bond acceptors (Lipinski definition) is 5. The molecule has 1 aromatic rings. The van der Waals surface area contributed by atoms with Crippen molar-refractivity contribution in [3.05, 3.63) is 12.4 Å². The first kappa shape index (κ1) is 15.7. The Labute approximate surface area is 116 Å². The number of nitrogens with zero attached hydrogens (tertiary/aromatic N) is 3. The van der Waals surface area contributed by atoms with Crippen LogP contribution in [-0.2, 0) is 0 Å². The average molecular weight is 265 g/mol. The minimum atomic E-state index is -0.0132. The van der Waals surface area contributed by atoms with Gasteiger partial charge in [0.15, 0.2) is 0 Å². The highest BCUT2D eigenvalue weighted by molar-refractivity contribution is 5.49. The summed E-state index contributed by atoms with van der Waals surface area (Å²) in [7, 11) is 2.03. The Hall–Kier alpha value is -1.36. The molecule has 0 unspecified atom stereocenters. The summed E-state index contributed by atoms with van der Waals surface area (Å²) in [5, 5.41) is 3.35. The van der Waals surface area contributed by atoms with E-state index in [2.05, 4.69) is 54.8 Å². The van der Waals surface area contributed by atoms with E-state index < -0.39 is 0 Å². The number of aromatic nitrogens is 2. The maximum Gasteiger partial charge on any atom is 0.133 e. The second kappa shape index (κ2) is 5.74. The van der Waals surface area contributed by atoms with Gasteiger partial charge in [-0.15, -0.1) is 0 Å². The quantitative estimate of drug-likeness (QED) is 0.853. The van der Waals surface area contributed by atoms with Crippen LogP contribution in [0.1, 0.15) is 34.6 Å². The fourth-order valence-corrected chi connectivity index (χ4v) is 1.80. The van der Waals surface area contributed by atoms with Crippen LogP contribution < -0.4 is 16.0 Å². The van der Waals surface area contributed by atoms with E-state index in [1.807, 2.05) is 13.1 Å². The van der Waals surface area contributed by atoms with E-state index in [1.165, 1.54) is 0 Å². The van der Waals surface area contributed by atoms with Crippen molar-refractivity contribution in [2.24, 2.45) is 11.1 Å². The molecule has 0 atom stereocenters. The van der Waals surface area contributed by atoms with Crippen molar-refractivity contribution in [1.82, 2.24) is 9.97 Å². The van der Waals surface area contributed by atoms with Gasteiger partial charge < -0.3 is 16.0 Å². The van der Waals surface area contributed by atoms with Gasteiger partial charge in [0.05, 0.1) is 0 Å². The molecular weight excluding hydrogens is 238 g/mol. The number of anilines is 2. The molecule has 1 heterocycles. The lowest BCUT2D eigenvalue weighted by molar-refractivity contribution is 0.384. The summed E-state index contributed by atoms with van der Waals surface area (Å²) in [6.07, 6.45) is 1.59. The molecule has 3 N–H and O–H groups in total. The third kappa shape index (κ3) is 5.42. The zero-order valence-electron chi connectivity index (χ0n) is 13.0. The third-order valence-electron chi connectivity index (χ3n) is 2.76. The first-order valence-electron chi connectivity index (χ1n) is 6.64. The molecule has 0 aromatic carbocycles. The van der Waals surface area contributed by atoms with Crippen LogP contribution in [0.3, 0.4) is 0 Å². The van der Waals surface area contributed by atoms with Crippen LogP contribution in [-0.4, -0.2) is 35.6 Å². The van der Waals surface area contributed by atoms with Crippen molar-refractivity contribution in [2.75, 3.05) is 30.4 Å². The van der Waals surface area contributed by atoms with Gasteiger partial charge in [0.25, 0.3) is 0 Å². The molecule has 0 radical (unpaired) electrons. The molecule has 0 aliphatic rings. The summed E-state index contributed by atoms with van der Waals surface area (Å²) in [5.74, 6) is 1.75. The van der Waals surface area contributed by atoms with Gasteiger partial charge in [-0.05, 0) is 32.7 Å². The van der Waals surface area contributed by atoms with Gasteiger partial charge in [-0.2, -0.15) is 0 Å². The average Bonchev–Trinajstić information content (AvgIpc) is 2.26. The predicted molar refractivity (Wildman–Crippen MR) is 81.5 cm³/mol. The van der Waals surface area contributed by atoms with E-state index in [-0.39, 0.29) is 11.0 Å². The largest absolute Gasteiger partial charge is 0.365 e. The van der Waals surface area contributed by atoms with E-state index in [4.69, 9.17) is 5.73 Å². The molecule has 0 aliphatic heterocycles. The van der Waals surface area contributed by atoms with E-state index in [0.717, 1.165) is 18.2 Å². The van der Waals surface area contributed by atoms with Crippen molar-refractivity contribution in [1.29, 1.82) is 0 Å². The van der Waals surface area contributed by atoms with Crippen LogP contribution in [0, 0.1) is 5.41 Å². The van der Waals surface area contributed by atoms with Crippen LogP contribution in [0.15, 0.2) is 12.4 Å². The van der Waals surface area contributed by atoms with Gasteiger partial charge in [0.1, 0.15) is 18.0 Å². The normalized spacial score (nSPS) is 12.4. The van der Waals surface area contributed by atoms with Gasteiger partial charge in [0.2, 0.25) is 0 Å². The lowest BCUT2D eigenvalue weighted by atomic mass is 9.93. The summed E-state index contributed by atoms with van der Waals surface area (Å²) in [5.41, 5.74) is 5.83. The van der Waals surface area contributed by atoms with Gasteiger partial charge in [-0.25, -0.2) is 9.97 Å². The molecular formula is C14H27N5. The first-order chi connectivity index (χ1) is 8.63. The molecule has 5 nitrogen and oxygen atoms in total. The maximum absolute atomic E-state index is 5.77. The van der Waals surface area contributed by atoms with Crippen molar-refractivity contribution in [3.8, 4) is 0 Å². The summed E-state index contributed by atoms with van der Waals surface area (Å²) in [4.78, 5) is 10.7. The lowest BCUT2D eigenvalue weighted by Gasteiger charge is -2.30. The molecule has 0 saturated carbocycles. The van der Waals surface area contributed by atoms with Crippen LogP contribution in [0.2, 0.25) is 0 Å². The Morgan fingerprint density at radius 2 is 1.84 bits per heavy atom. The Bertz CT molecular complexity index is 409. The highest BCUT2D eigenvalue weighted by atomic mass is 15.2. The number of nitrogens with two attached hydrogens (primary N) is 1. The van der Waals surface area contributed by atoms with E-state index >= 15 is 0 Å².